The number of benzene rings is 1. The van der Waals surface area contributed by atoms with Crippen LogP contribution in [-0.2, 0) is 16.8 Å². The second-order valence-electron chi connectivity index (χ2n) is 8.38. The summed E-state index contributed by atoms with van der Waals surface area (Å²) in [4.78, 5) is 24.2. The first-order valence-corrected chi connectivity index (χ1v) is 11.0. The molecule has 1 aromatic carbocycles. The molecule has 3 heterocycles. The topological polar surface area (TPSA) is 136 Å². The molecule has 4 rings (SSSR count). The summed E-state index contributed by atoms with van der Waals surface area (Å²) in [6.07, 6.45) is 3.78. The molecule has 3 aromatic heterocycles. The average molecular weight is 471 g/mol. The number of nitrogen functional groups attached to an aromatic ring is 1. The number of carbonyl (C=O) groups is 1. The normalized spacial score (nSPS) is 12.6. The minimum atomic E-state index is -0.678. The van der Waals surface area contributed by atoms with Gasteiger partial charge in [0.05, 0.1) is 35.4 Å². The maximum absolute atomic E-state index is 14.7. The molecule has 1 unspecified atom stereocenters. The number of hydrogen-bond acceptors (Lipinski definition) is 8. The summed E-state index contributed by atoms with van der Waals surface area (Å²) in [6.45, 7) is 4.41. The lowest BCUT2D eigenvalue weighted by molar-refractivity contribution is -0.108. The van der Waals surface area contributed by atoms with Crippen molar-refractivity contribution in [2.75, 3.05) is 5.73 Å². The third kappa shape index (κ3) is 4.89. The summed E-state index contributed by atoms with van der Waals surface area (Å²) in [5.41, 5.74) is 8.24. The van der Waals surface area contributed by atoms with E-state index in [1.165, 1.54) is 12.1 Å². The average Bonchev–Trinajstić information content (AvgIpc) is 3.32. The lowest BCUT2D eigenvalue weighted by Gasteiger charge is -2.25. The van der Waals surface area contributed by atoms with Gasteiger partial charge in [0, 0.05) is 23.1 Å². The quantitative estimate of drug-likeness (QED) is 0.385. The van der Waals surface area contributed by atoms with Crippen molar-refractivity contribution in [3.63, 3.8) is 0 Å². The molecule has 0 aliphatic rings. The van der Waals surface area contributed by atoms with Crippen LogP contribution in [0.1, 0.15) is 43.6 Å². The number of aromatic nitrogens is 6. The number of aldehydes is 1. The van der Waals surface area contributed by atoms with Crippen LogP contribution in [0.3, 0.4) is 0 Å². The molecule has 1 atom stereocenters. The van der Waals surface area contributed by atoms with Gasteiger partial charge in [0.15, 0.2) is 0 Å². The number of nitrogens with zero attached hydrogens (tertiary/aromatic N) is 7. The molecule has 9 nitrogen and oxygen atoms in total. The van der Waals surface area contributed by atoms with Gasteiger partial charge in [0.2, 0.25) is 5.95 Å². The predicted octanol–water partition coefficient (Wildman–Crippen LogP) is 3.70. The number of carbonyl (C=O) groups excluding carboxylic acids is 1. The molecule has 0 aliphatic carbocycles. The summed E-state index contributed by atoms with van der Waals surface area (Å²) < 4.78 is 16.3. The van der Waals surface area contributed by atoms with Gasteiger partial charge >= 0.3 is 0 Å². The van der Waals surface area contributed by atoms with E-state index in [2.05, 4.69) is 20.3 Å². The van der Waals surface area contributed by atoms with Crippen molar-refractivity contribution >= 4 is 12.2 Å². The first-order chi connectivity index (χ1) is 16.9. The Bertz CT molecular complexity index is 1430. The Hall–Kier alpha value is -4.52. The molecule has 0 fully saturated rings. The van der Waals surface area contributed by atoms with Gasteiger partial charge in [-0.1, -0.05) is 31.2 Å². The van der Waals surface area contributed by atoms with Crippen molar-refractivity contribution in [3.8, 4) is 28.7 Å². The van der Waals surface area contributed by atoms with Crippen LogP contribution in [0.15, 0.2) is 48.7 Å². The predicted molar refractivity (Wildman–Crippen MR) is 127 cm³/mol. The number of hydrogen-bond donors (Lipinski definition) is 1. The monoisotopic (exact) mass is 470 g/mol. The number of pyridine rings is 1. The fourth-order valence-corrected chi connectivity index (χ4v) is 3.73. The molecule has 0 saturated carbocycles. The first kappa shape index (κ1) is 23.6. The Morgan fingerprint density at radius 3 is 2.66 bits per heavy atom. The van der Waals surface area contributed by atoms with Gasteiger partial charge in [-0.3, -0.25) is 4.98 Å². The van der Waals surface area contributed by atoms with Gasteiger partial charge < -0.3 is 10.5 Å². The van der Waals surface area contributed by atoms with E-state index in [4.69, 9.17) is 16.0 Å². The van der Waals surface area contributed by atoms with Crippen LogP contribution < -0.4 is 5.73 Å². The Kier molecular flexibility index (Phi) is 6.59. The summed E-state index contributed by atoms with van der Waals surface area (Å²) in [5.74, 6) is -0.737. The molecule has 0 saturated heterocycles. The summed E-state index contributed by atoms with van der Waals surface area (Å²) in [5, 5.41) is 17.5. The first-order valence-electron chi connectivity index (χ1n) is 11.0. The molecule has 4 aromatic rings. The Morgan fingerprint density at radius 1 is 1.14 bits per heavy atom. The Balaban J connectivity index is 1.62. The second-order valence-corrected chi connectivity index (χ2v) is 8.38. The van der Waals surface area contributed by atoms with Gasteiger partial charge in [-0.05, 0) is 36.8 Å². The zero-order chi connectivity index (χ0) is 25.0. The minimum Gasteiger partial charge on any atom is -0.368 e. The highest BCUT2D eigenvalue weighted by molar-refractivity contribution is 5.68. The van der Waals surface area contributed by atoms with E-state index in [1.807, 2.05) is 38.1 Å². The van der Waals surface area contributed by atoms with Crippen LogP contribution in [0.25, 0.3) is 22.6 Å². The van der Waals surface area contributed by atoms with E-state index in [1.54, 1.807) is 23.0 Å². The Labute approximate surface area is 201 Å². The van der Waals surface area contributed by atoms with Gasteiger partial charge in [-0.15, -0.1) is 5.10 Å². The number of halogens is 1. The molecule has 10 heteroatoms. The highest BCUT2D eigenvalue weighted by atomic mass is 19.1. The summed E-state index contributed by atoms with van der Waals surface area (Å²) in [6, 6.07) is 13.6. The summed E-state index contributed by atoms with van der Waals surface area (Å²) in [7, 11) is 0. The van der Waals surface area contributed by atoms with Crippen LogP contribution in [0.5, 0.6) is 0 Å². The van der Waals surface area contributed by atoms with Gasteiger partial charge in [-0.2, -0.15) is 5.26 Å². The molecule has 0 spiro atoms. The molecular formula is C25H23FN8O. The highest BCUT2D eigenvalue weighted by Crippen LogP contribution is 2.29. The second kappa shape index (κ2) is 9.77. The van der Waals surface area contributed by atoms with E-state index in [0.29, 0.717) is 24.4 Å². The van der Waals surface area contributed by atoms with Crippen LogP contribution in [0.2, 0.25) is 0 Å². The lowest BCUT2D eigenvalue weighted by Crippen LogP contribution is -2.23. The molecule has 35 heavy (non-hydrogen) atoms. The van der Waals surface area contributed by atoms with E-state index < -0.39 is 5.82 Å². The van der Waals surface area contributed by atoms with Crippen molar-refractivity contribution in [2.24, 2.45) is 0 Å². The number of anilines is 1. The highest BCUT2D eigenvalue weighted by Gasteiger charge is 2.26. The van der Waals surface area contributed by atoms with Crippen molar-refractivity contribution < 1.29 is 9.18 Å². The van der Waals surface area contributed by atoms with Crippen LogP contribution in [0.4, 0.5) is 10.3 Å². The van der Waals surface area contributed by atoms with Crippen molar-refractivity contribution in [3.05, 3.63) is 71.4 Å². The molecule has 0 bridgehead atoms. The van der Waals surface area contributed by atoms with Gasteiger partial charge in [-0.25, -0.2) is 19.0 Å². The van der Waals surface area contributed by atoms with Crippen molar-refractivity contribution in [2.45, 2.75) is 38.6 Å². The fourth-order valence-electron chi connectivity index (χ4n) is 3.73. The zero-order valence-electron chi connectivity index (χ0n) is 19.3. The molecule has 176 valence electrons. The Morgan fingerprint density at radius 2 is 1.91 bits per heavy atom. The largest absolute Gasteiger partial charge is 0.368 e. The lowest BCUT2D eigenvalue weighted by atomic mass is 9.81. The fraction of sp³-hybridized carbons (Fsp3) is 0.240. The maximum atomic E-state index is 14.7. The summed E-state index contributed by atoms with van der Waals surface area (Å²) >= 11 is 0. The van der Waals surface area contributed by atoms with Gasteiger partial charge in [0.25, 0.3) is 0 Å². The maximum Gasteiger partial charge on any atom is 0.221 e. The molecule has 0 aliphatic heterocycles. The standard InChI is InChI=1S/C25H23FN8O/c1-3-25(2,10-11-35)22-9-5-7-17(29-22)14-34-15-21(32-33-34)20-12-19(30-24(28)31-20)18-8-4-6-16(13-27)23(18)26/h4-9,11-12,15H,3,10,14H2,1-2H3,(H2,28,30,31). The zero-order valence-corrected chi connectivity index (χ0v) is 19.3. The van der Waals surface area contributed by atoms with E-state index in [-0.39, 0.29) is 28.2 Å². The molecule has 2 N–H and O–H groups in total. The van der Waals surface area contributed by atoms with Gasteiger partial charge in [0.1, 0.15) is 23.9 Å². The third-order valence-electron chi connectivity index (χ3n) is 6.00. The van der Waals surface area contributed by atoms with Crippen molar-refractivity contribution in [1.29, 1.82) is 5.26 Å². The number of nitrogens with two attached hydrogens (primary N) is 1. The minimum absolute atomic E-state index is 0.0581. The van der Waals surface area contributed by atoms with Crippen LogP contribution in [0, 0.1) is 17.1 Å². The van der Waals surface area contributed by atoms with Crippen LogP contribution in [-0.4, -0.2) is 36.2 Å². The smallest absolute Gasteiger partial charge is 0.221 e. The van der Waals surface area contributed by atoms with Crippen molar-refractivity contribution in [1.82, 2.24) is 29.9 Å². The molecule has 0 radical (unpaired) electrons. The molecule has 0 amide bonds. The van der Waals surface area contributed by atoms with E-state index in [9.17, 15) is 9.18 Å². The number of rotatable bonds is 8. The van der Waals surface area contributed by atoms with E-state index in [0.717, 1.165) is 24.1 Å². The third-order valence-corrected chi connectivity index (χ3v) is 6.00. The molecular weight excluding hydrogens is 447 g/mol. The SMILES string of the molecule is CCC(C)(CC=O)c1cccc(Cn2cc(-c3cc(-c4cccc(C#N)c4F)nc(N)n3)nn2)n1. The van der Waals surface area contributed by atoms with E-state index >= 15 is 0 Å². The van der Waals surface area contributed by atoms with Crippen LogP contribution >= 0.6 is 0 Å². The number of nitriles is 1.